The monoisotopic (exact) mass is 490 g/mol. The molecule has 0 aromatic heterocycles. The van der Waals surface area contributed by atoms with E-state index in [2.05, 4.69) is 41.5 Å². The second kappa shape index (κ2) is 13.2. The molecule has 0 amide bonds. The Morgan fingerprint density at radius 1 is 1.15 bits per heavy atom. The Hall–Kier alpha value is -1.06. The van der Waals surface area contributed by atoms with Gasteiger partial charge in [-0.15, -0.1) is 24.0 Å². The Bertz CT molecular complexity index is 545. The number of benzene rings is 1. The van der Waals surface area contributed by atoms with E-state index in [0.29, 0.717) is 12.6 Å². The Morgan fingerprint density at radius 2 is 1.81 bits per heavy atom. The second-order valence-electron chi connectivity index (χ2n) is 6.88. The second-order valence-corrected chi connectivity index (χ2v) is 6.88. The third-order valence-electron chi connectivity index (χ3n) is 4.29. The van der Waals surface area contributed by atoms with Crippen LogP contribution in [0.4, 0.5) is 0 Å². The number of nitrogens with one attached hydrogen (secondary N) is 2. The summed E-state index contributed by atoms with van der Waals surface area (Å²) in [7, 11) is 0. The summed E-state index contributed by atoms with van der Waals surface area (Å²) in [6.45, 7) is 14.4. The zero-order valence-corrected chi connectivity index (χ0v) is 19.4. The third-order valence-corrected chi connectivity index (χ3v) is 4.29. The van der Waals surface area contributed by atoms with Crippen LogP contribution < -0.4 is 15.4 Å². The van der Waals surface area contributed by atoms with E-state index < -0.39 is 0 Å². The number of aliphatic imine (C=N–C) groups is 1. The molecule has 0 bridgehead atoms. The molecule has 0 spiro atoms. The van der Waals surface area contributed by atoms with Crippen molar-refractivity contribution in [1.82, 2.24) is 15.5 Å². The van der Waals surface area contributed by atoms with Gasteiger partial charge in [0.05, 0.1) is 25.9 Å². The molecule has 1 aliphatic heterocycles. The molecule has 0 saturated carbocycles. The maximum atomic E-state index is 5.68. The van der Waals surface area contributed by atoms with Crippen LogP contribution in [0.1, 0.15) is 33.3 Å². The average molecular weight is 490 g/mol. The van der Waals surface area contributed by atoms with Crippen molar-refractivity contribution in [3.05, 3.63) is 29.8 Å². The zero-order chi connectivity index (χ0) is 18.8. The highest BCUT2D eigenvalue weighted by atomic mass is 127. The topological polar surface area (TPSA) is 58.1 Å². The predicted molar refractivity (Wildman–Crippen MR) is 122 cm³/mol. The number of hydrogen-bond acceptors (Lipinski definition) is 4. The van der Waals surface area contributed by atoms with Crippen molar-refractivity contribution in [2.45, 2.75) is 46.4 Å². The molecule has 27 heavy (non-hydrogen) atoms. The summed E-state index contributed by atoms with van der Waals surface area (Å²) < 4.78 is 11.1. The first-order valence-electron chi connectivity index (χ1n) is 9.68. The SMILES string of the molecule is CCNC(=NCc1ccc(OC(C)C)cc1)NCC(C)N1CCOCC1.I. The normalized spacial score (nSPS) is 16.6. The maximum absolute atomic E-state index is 5.68. The average Bonchev–Trinajstić information content (AvgIpc) is 2.65. The zero-order valence-electron chi connectivity index (χ0n) is 17.0. The molecule has 1 aromatic rings. The summed E-state index contributed by atoms with van der Waals surface area (Å²) in [5.41, 5.74) is 1.17. The minimum Gasteiger partial charge on any atom is -0.491 e. The molecule has 1 saturated heterocycles. The first kappa shape index (κ1) is 24.0. The number of rotatable bonds is 8. The fourth-order valence-corrected chi connectivity index (χ4v) is 2.85. The Morgan fingerprint density at radius 3 is 2.41 bits per heavy atom. The molecule has 7 heteroatoms. The highest BCUT2D eigenvalue weighted by Crippen LogP contribution is 2.14. The van der Waals surface area contributed by atoms with Crippen LogP contribution in [0.2, 0.25) is 0 Å². The van der Waals surface area contributed by atoms with Gasteiger partial charge in [-0.1, -0.05) is 12.1 Å². The fourth-order valence-electron chi connectivity index (χ4n) is 2.85. The van der Waals surface area contributed by atoms with Gasteiger partial charge in [0.15, 0.2) is 5.96 Å². The standard InChI is InChI=1S/C20H34N4O2.HI/c1-5-21-20(22-14-17(4)24-10-12-25-13-11-24)23-15-18-6-8-19(9-7-18)26-16(2)3;/h6-9,16-17H,5,10-15H2,1-4H3,(H2,21,22,23);1H. The molecule has 1 heterocycles. The Labute approximate surface area is 181 Å². The van der Waals surface area contributed by atoms with Crippen molar-refractivity contribution in [2.75, 3.05) is 39.4 Å². The van der Waals surface area contributed by atoms with Crippen molar-refractivity contribution < 1.29 is 9.47 Å². The van der Waals surface area contributed by atoms with Gasteiger partial charge in [-0.05, 0) is 45.4 Å². The van der Waals surface area contributed by atoms with Gasteiger partial charge in [0.25, 0.3) is 0 Å². The minimum absolute atomic E-state index is 0. The molecule has 1 unspecified atom stereocenters. The molecule has 2 N–H and O–H groups in total. The van der Waals surface area contributed by atoms with Gasteiger partial charge in [0.1, 0.15) is 5.75 Å². The summed E-state index contributed by atoms with van der Waals surface area (Å²) >= 11 is 0. The molecule has 0 radical (unpaired) electrons. The van der Waals surface area contributed by atoms with Gasteiger partial charge in [-0.3, -0.25) is 4.90 Å². The lowest BCUT2D eigenvalue weighted by Gasteiger charge is -2.32. The van der Waals surface area contributed by atoms with Crippen LogP contribution in [0.3, 0.4) is 0 Å². The van der Waals surface area contributed by atoms with Crippen molar-refractivity contribution in [1.29, 1.82) is 0 Å². The van der Waals surface area contributed by atoms with Gasteiger partial charge < -0.3 is 20.1 Å². The van der Waals surface area contributed by atoms with Gasteiger partial charge in [-0.25, -0.2) is 4.99 Å². The summed E-state index contributed by atoms with van der Waals surface area (Å²) in [4.78, 5) is 7.15. The molecule has 0 aliphatic carbocycles. The third kappa shape index (κ3) is 9.12. The number of morpholine rings is 1. The molecule has 6 nitrogen and oxygen atoms in total. The molecular formula is C20H35IN4O2. The number of hydrogen-bond donors (Lipinski definition) is 2. The van der Waals surface area contributed by atoms with E-state index in [-0.39, 0.29) is 30.1 Å². The van der Waals surface area contributed by atoms with Gasteiger partial charge in [0.2, 0.25) is 0 Å². The first-order chi connectivity index (χ1) is 12.6. The minimum atomic E-state index is 0. The van der Waals surface area contributed by atoms with Crippen LogP contribution in [0.15, 0.2) is 29.3 Å². The van der Waals surface area contributed by atoms with E-state index in [9.17, 15) is 0 Å². The van der Waals surface area contributed by atoms with E-state index in [1.807, 2.05) is 26.0 Å². The highest BCUT2D eigenvalue weighted by molar-refractivity contribution is 14.0. The molecule has 1 aromatic carbocycles. The van der Waals surface area contributed by atoms with Crippen LogP contribution in [-0.4, -0.2) is 62.4 Å². The summed E-state index contributed by atoms with van der Waals surface area (Å²) in [5.74, 6) is 1.76. The number of halogens is 1. The molecule has 2 rings (SSSR count). The van der Waals surface area contributed by atoms with Gasteiger partial charge >= 0.3 is 0 Å². The first-order valence-corrected chi connectivity index (χ1v) is 9.68. The number of guanidine groups is 1. The van der Waals surface area contributed by atoms with Crippen molar-refractivity contribution in [3.63, 3.8) is 0 Å². The summed E-state index contributed by atoms with van der Waals surface area (Å²) in [5, 5.41) is 6.78. The molecule has 154 valence electrons. The van der Waals surface area contributed by atoms with Crippen molar-refractivity contribution in [3.8, 4) is 5.75 Å². The Kier molecular flexibility index (Phi) is 11.7. The predicted octanol–water partition coefficient (Wildman–Crippen LogP) is 2.87. The lowest BCUT2D eigenvalue weighted by Crippen LogP contribution is -2.49. The van der Waals surface area contributed by atoms with Crippen LogP contribution >= 0.6 is 24.0 Å². The fraction of sp³-hybridized carbons (Fsp3) is 0.650. The Balaban J connectivity index is 0.00000364. The van der Waals surface area contributed by atoms with Crippen LogP contribution in [0.5, 0.6) is 5.75 Å². The van der Waals surface area contributed by atoms with Crippen LogP contribution in [-0.2, 0) is 11.3 Å². The smallest absolute Gasteiger partial charge is 0.191 e. The van der Waals surface area contributed by atoms with E-state index in [1.54, 1.807) is 0 Å². The maximum Gasteiger partial charge on any atom is 0.191 e. The number of ether oxygens (including phenoxy) is 2. The lowest BCUT2D eigenvalue weighted by molar-refractivity contribution is 0.0211. The summed E-state index contributed by atoms with van der Waals surface area (Å²) in [6.07, 6.45) is 0.192. The largest absolute Gasteiger partial charge is 0.491 e. The van der Waals surface area contributed by atoms with Crippen molar-refractivity contribution in [2.24, 2.45) is 4.99 Å². The van der Waals surface area contributed by atoms with Gasteiger partial charge in [0, 0.05) is 32.2 Å². The van der Waals surface area contributed by atoms with Crippen LogP contribution in [0.25, 0.3) is 0 Å². The quantitative estimate of drug-likeness (QED) is 0.334. The van der Waals surface area contributed by atoms with E-state index >= 15 is 0 Å². The van der Waals surface area contributed by atoms with Gasteiger partial charge in [-0.2, -0.15) is 0 Å². The molecule has 1 fully saturated rings. The van der Waals surface area contributed by atoms with E-state index in [4.69, 9.17) is 14.5 Å². The molecule has 1 atom stereocenters. The lowest BCUT2D eigenvalue weighted by atomic mass is 10.2. The highest BCUT2D eigenvalue weighted by Gasteiger charge is 2.16. The van der Waals surface area contributed by atoms with E-state index in [0.717, 1.165) is 51.1 Å². The summed E-state index contributed by atoms with van der Waals surface area (Å²) in [6, 6.07) is 8.61. The van der Waals surface area contributed by atoms with Crippen molar-refractivity contribution >= 4 is 29.9 Å². The van der Waals surface area contributed by atoms with E-state index in [1.165, 1.54) is 5.56 Å². The molecule has 1 aliphatic rings. The number of nitrogens with zero attached hydrogens (tertiary/aromatic N) is 2. The molecular weight excluding hydrogens is 455 g/mol. The van der Waals surface area contributed by atoms with Crippen LogP contribution in [0, 0.1) is 0 Å².